The summed E-state index contributed by atoms with van der Waals surface area (Å²) in [7, 11) is 1.71. The third-order valence-corrected chi connectivity index (χ3v) is 4.24. The Morgan fingerprint density at radius 3 is 2.48 bits per heavy atom. The maximum absolute atomic E-state index is 14.4. The highest BCUT2D eigenvalue weighted by molar-refractivity contribution is 6.30. The van der Waals surface area contributed by atoms with E-state index in [-0.39, 0.29) is 13.1 Å². The molecule has 6 nitrogen and oxygen atoms in total. The van der Waals surface area contributed by atoms with E-state index in [4.69, 9.17) is 11.6 Å². The normalized spacial score (nSPS) is 15.6. The Bertz CT molecular complexity index is 807. The number of aromatic nitrogens is 2. The Morgan fingerprint density at radius 2 is 1.92 bits per heavy atom. The standard InChI is InChI=1S/C16H15ClF2N4O2/c1-21-9-13(8-20-21)23-7-6-22(10-14(23)24)15(25)16(18,19)11-2-4-12(17)5-3-11/h2-5,8-9H,6-7,10H2,1H3. The molecule has 0 radical (unpaired) electrons. The summed E-state index contributed by atoms with van der Waals surface area (Å²) >= 11 is 5.69. The minimum atomic E-state index is -3.72. The molecule has 3 rings (SSSR count). The molecule has 0 bridgehead atoms. The van der Waals surface area contributed by atoms with Crippen LogP contribution in [0.5, 0.6) is 0 Å². The van der Waals surface area contributed by atoms with Gasteiger partial charge in [0.15, 0.2) is 0 Å². The number of aryl methyl sites for hydroxylation is 1. The fourth-order valence-electron chi connectivity index (χ4n) is 2.65. The zero-order valence-electron chi connectivity index (χ0n) is 13.3. The van der Waals surface area contributed by atoms with Crippen LogP contribution < -0.4 is 4.90 Å². The second-order valence-corrected chi connectivity index (χ2v) is 6.16. The van der Waals surface area contributed by atoms with Crippen molar-refractivity contribution >= 4 is 29.1 Å². The summed E-state index contributed by atoms with van der Waals surface area (Å²) in [6.07, 6.45) is 3.16. The minimum absolute atomic E-state index is 0.0165. The van der Waals surface area contributed by atoms with Gasteiger partial charge < -0.3 is 9.80 Å². The number of anilines is 1. The molecule has 0 N–H and O–H groups in total. The first-order chi connectivity index (χ1) is 11.8. The van der Waals surface area contributed by atoms with Crippen LogP contribution in [0.3, 0.4) is 0 Å². The van der Waals surface area contributed by atoms with Crippen LogP contribution in [-0.4, -0.2) is 46.1 Å². The van der Waals surface area contributed by atoms with E-state index in [2.05, 4.69) is 5.10 Å². The Kier molecular flexibility index (Phi) is 4.47. The van der Waals surface area contributed by atoms with Crippen molar-refractivity contribution in [1.82, 2.24) is 14.7 Å². The molecule has 2 heterocycles. The number of hydrogen-bond donors (Lipinski definition) is 0. The van der Waals surface area contributed by atoms with Gasteiger partial charge in [-0.1, -0.05) is 23.7 Å². The van der Waals surface area contributed by atoms with Crippen molar-refractivity contribution < 1.29 is 18.4 Å². The van der Waals surface area contributed by atoms with E-state index in [9.17, 15) is 18.4 Å². The van der Waals surface area contributed by atoms with Gasteiger partial charge in [0.1, 0.15) is 6.54 Å². The second-order valence-electron chi connectivity index (χ2n) is 5.73. The predicted molar refractivity (Wildman–Crippen MR) is 87.5 cm³/mol. The quantitative estimate of drug-likeness (QED) is 0.833. The molecule has 0 aliphatic carbocycles. The van der Waals surface area contributed by atoms with E-state index < -0.39 is 29.8 Å². The number of nitrogens with zero attached hydrogens (tertiary/aromatic N) is 4. The van der Waals surface area contributed by atoms with Crippen LogP contribution in [0.25, 0.3) is 0 Å². The molecule has 1 saturated heterocycles. The van der Waals surface area contributed by atoms with Gasteiger partial charge in [0.05, 0.1) is 11.9 Å². The highest BCUT2D eigenvalue weighted by atomic mass is 35.5. The Morgan fingerprint density at radius 1 is 1.24 bits per heavy atom. The first-order valence-electron chi connectivity index (χ1n) is 7.51. The number of benzene rings is 1. The average molecular weight is 369 g/mol. The fraction of sp³-hybridized carbons (Fsp3) is 0.312. The molecule has 0 saturated carbocycles. The smallest absolute Gasteiger partial charge is 0.326 e. The molecule has 1 aliphatic rings. The van der Waals surface area contributed by atoms with E-state index in [1.165, 1.54) is 27.9 Å². The number of carbonyl (C=O) groups excluding carboxylic acids is 2. The lowest BCUT2D eigenvalue weighted by atomic mass is 10.1. The third-order valence-electron chi connectivity index (χ3n) is 3.99. The van der Waals surface area contributed by atoms with Crippen LogP contribution >= 0.6 is 11.6 Å². The van der Waals surface area contributed by atoms with Crippen LogP contribution in [0.15, 0.2) is 36.7 Å². The topological polar surface area (TPSA) is 58.4 Å². The first kappa shape index (κ1) is 17.3. The van der Waals surface area contributed by atoms with Gasteiger partial charge in [-0.25, -0.2) is 0 Å². The van der Waals surface area contributed by atoms with Gasteiger partial charge in [-0.3, -0.25) is 14.3 Å². The van der Waals surface area contributed by atoms with Gasteiger partial charge in [-0.05, 0) is 12.1 Å². The number of alkyl halides is 2. The number of carbonyl (C=O) groups is 2. The molecule has 0 atom stereocenters. The van der Waals surface area contributed by atoms with Crippen molar-refractivity contribution in [1.29, 1.82) is 0 Å². The molecule has 1 fully saturated rings. The van der Waals surface area contributed by atoms with E-state index in [1.54, 1.807) is 13.2 Å². The Hall–Kier alpha value is -2.48. The van der Waals surface area contributed by atoms with Crippen molar-refractivity contribution in [2.24, 2.45) is 7.05 Å². The molecule has 2 aromatic rings. The second kappa shape index (κ2) is 6.44. The van der Waals surface area contributed by atoms with Gasteiger partial charge in [-0.15, -0.1) is 0 Å². The maximum Gasteiger partial charge on any atom is 0.349 e. The zero-order valence-corrected chi connectivity index (χ0v) is 14.1. The van der Waals surface area contributed by atoms with Crippen molar-refractivity contribution in [3.63, 3.8) is 0 Å². The summed E-state index contributed by atoms with van der Waals surface area (Å²) in [5.74, 6) is -5.55. The molecule has 1 aliphatic heterocycles. The molecule has 132 valence electrons. The lowest BCUT2D eigenvalue weighted by molar-refractivity contribution is -0.161. The van der Waals surface area contributed by atoms with Crippen molar-refractivity contribution in [3.8, 4) is 0 Å². The number of piperazine rings is 1. The molecular formula is C16H15ClF2N4O2. The third kappa shape index (κ3) is 3.34. The van der Waals surface area contributed by atoms with E-state index in [1.807, 2.05) is 0 Å². The van der Waals surface area contributed by atoms with Crippen LogP contribution in [0.4, 0.5) is 14.5 Å². The molecule has 0 unspecified atom stereocenters. The van der Waals surface area contributed by atoms with Gasteiger partial charge in [0.25, 0.3) is 5.91 Å². The minimum Gasteiger partial charge on any atom is -0.326 e. The maximum atomic E-state index is 14.4. The molecule has 9 heteroatoms. The summed E-state index contributed by atoms with van der Waals surface area (Å²) < 4.78 is 30.4. The van der Waals surface area contributed by atoms with Crippen molar-refractivity contribution in [3.05, 3.63) is 47.2 Å². The van der Waals surface area contributed by atoms with E-state index >= 15 is 0 Å². The molecule has 1 aromatic heterocycles. The van der Waals surface area contributed by atoms with Crippen LogP contribution in [0.1, 0.15) is 5.56 Å². The predicted octanol–water partition coefficient (Wildman–Crippen LogP) is 2.04. The van der Waals surface area contributed by atoms with Gasteiger partial charge in [-0.2, -0.15) is 13.9 Å². The summed E-state index contributed by atoms with van der Waals surface area (Å²) in [5, 5.41) is 4.28. The summed E-state index contributed by atoms with van der Waals surface area (Å²) in [4.78, 5) is 26.8. The van der Waals surface area contributed by atoms with E-state index in [0.717, 1.165) is 17.0 Å². The molecule has 25 heavy (non-hydrogen) atoms. The molecular weight excluding hydrogens is 354 g/mol. The van der Waals surface area contributed by atoms with Crippen LogP contribution in [0, 0.1) is 0 Å². The van der Waals surface area contributed by atoms with E-state index in [0.29, 0.717) is 10.7 Å². The van der Waals surface area contributed by atoms with Gasteiger partial charge >= 0.3 is 5.92 Å². The van der Waals surface area contributed by atoms with Gasteiger partial charge in [0, 0.05) is 36.9 Å². The number of amides is 2. The molecule has 2 amide bonds. The zero-order chi connectivity index (χ0) is 18.2. The monoisotopic (exact) mass is 368 g/mol. The van der Waals surface area contributed by atoms with Crippen molar-refractivity contribution in [2.45, 2.75) is 5.92 Å². The highest BCUT2D eigenvalue weighted by Crippen LogP contribution is 2.32. The lowest BCUT2D eigenvalue weighted by Gasteiger charge is -2.35. The Labute approximate surface area is 147 Å². The summed E-state index contributed by atoms with van der Waals surface area (Å²) in [6, 6.07) is 4.80. The van der Waals surface area contributed by atoms with Gasteiger partial charge in [0.2, 0.25) is 5.91 Å². The largest absolute Gasteiger partial charge is 0.349 e. The Balaban J connectivity index is 1.73. The van der Waals surface area contributed by atoms with Crippen LogP contribution in [-0.2, 0) is 22.6 Å². The molecule has 1 aromatic carbocycles. The summed E-state index contributed by atoms with van der Waals surface area (Å²) in [6.45, 7) is -0.257. The lowest BCUT2D eigenvalue weighted by Crippen LogP contribution is -2.55. The number of hydrogen-bond acceptors (Lipinski definition) is 3. The number of rotatable bonds is 3. The fourth-order valence-corrected chi connectivity index (χ4v) is 2.77. The van der Waals surface area contributed by atoms with Crippen LogP contribution in [0.2, 0.25) is 5.02 Å². The van der Waals surface area contributed by atoms with Crippen molar-refractivity contribution in [2.75, 3.05) is 24.5 Å². The highest BCUT2D eigenvalue weighted by Gasteiger charge is 2.45. The first-order valence-corrected chi connectivity index (χ1v) is 7.89. The number of halogens is 3. The molecule has 0 spiro atoms. The average Bonchev–Trinajstić information content (AvgIpc) is 3.00. The summed E-state index contributed by atoms with van der Waals surface area (Å²) in [5.41, 5.74) is 0.119. The SMILES string of the molecule is Cn1cc(N2CCN(C(=O)C(F)(F)c3ccc(Cl)cc3)CC2=O)cn1.